The van der Waals surface area contributed by atoms with Crippen molar-refractivity contribution in [2.24, 2.45) is 0 Å². The molecule has 1 fully saturated rings. The Balaban J connectivity index is 0.000000132. The molecule has 0 atom stereocenters. The highest BCUT2D eigenvalue weighted by Crippen LogP contribution is 2.38. The number of imidazole rings is 1. The standard InChI is InChI=1S/C18H15F3N2O2.C18H13F3N2O.C17H17F3N2O2.C17H14N2.2C15H13N3/c1-11-4-5-14(17-12(2)22-25-13(17)3)10-23(11)15-6-8-16(9-7-15)24-18(19,20)21;1-13-4-5-15(14-3-2-10-22-11-14)12-23(13)16-6-8-17(9-7-16)24-18(19,20)21;1-13-2-3-15(21-8-10-23-11-9-21)12-22(13)14-4-6-16(7-5-14)24-17(18,19)20;1-14-9-10-16(15-6-5-11-18-12-15)13-19(14)17-7-3-2-4-8-17;1-12-7-8-13(14-9-16-17-10-14)11-18(12)15-5-3-2-4-6-15;1-12-7-8-13(15-16-9-10-17-15)11-18(12)14-5-3-2-4-6-14/h4-10H,1H2,2-3H3;2-12H,1H2;2-7,12H,1,8-11H2;2-13H,1H2;2*2-11H,1H2,(H,16,17). The molecule has 648 valence electrons. The normalized spacial score (nSPS) is 15.4. The van der Waals surface area contributed by atoms with Crippen molar-refractivity contribution in [3.63, 3.8) is 0 Å². The van der Waals surface area contributed by atoms with Crippen LogP contribution >= 0.6 is 0 Å². The fourth-order valence-corrected chi connectivity index (χ4v) is 13.4. The highest BCUT2D eigenvalue weighted by atomic mass is 19.4. The maximum Gasteiger partial charge on any atom is 0.573 e. The number of nitrogens with zero attached hydrogens (tertiary/aromatic N) is 12. The van der Waals surface area contributed by atoms with Gasteiger partial charge in [0.25, 0.3) is 0 Å². The van der Waals surface area contributed by atoms with Gasteiger partial charge in [-0.15, -0.1) is 39.5 Å². The Morgan fingerprint density at radius 1 is 0.367 bits per heavy atom. The maximum atomic E-state index is 12.3. The van der Waals surface area contributed by atoms with E-state index in [0.29, 0.717) is 47.4 Å². The molecule has 128 heavy (non-hydrogen) atoms. The Bertz CT molecular complexity index is 5980. The summed E-state index contributed by atoms with van der Waals surface area (Å²) in [4.78, 5) is 29.4. The number of aromatic amines is 2. The van der Waals surface area contributed by atoms with Gasteiger partial charge in [0.1, 0.15) is 28.8 Å². The summed E-state index contributed by atoms with van der Waals surface area (Å²) in [6.07, 6.45) is 35.5. The second-order valence-electron chi connectivity index (χ2n) is 28.5. The van der Waals surface area contributed by atoms with Crippen LogP contribution in [0.25, 0.3) is 27.9 Å². The third kappa shape index (κ3) is 24.7. The predicted octanol–water partition coefficient (Wildman–Crippen LogP) is 24.4. The van der Waals surface area contributed by atoms with Crippen LogP contribution in [0, 0.1) is 13.8 Å². The van der Waals surface area contributed by atoms with Crippen LogP contribution in [0.2, 0.25) is 0 Å². The van der Waals surface area contributed by atoms with Crippen LogP contribution in [0.3, 0.4) is 0 Å². The van der Waals surface area contributed by atoms with E-state index in [2.05, 4.69) is 170 Å². The lowest BCUT2D eigenvalue weighted by atomic mass is 10.0. The summed E-state index contributed by atoms with van der Waals surface area (Å²) >= 11 is 0. The molecule has 0 spiro atoms. The van der Waals surface area contributed by atoms with E-state index in [4.69, 9.17) is 9.26 Å². The number of aryl methyl sites for hydroxylation is 2. The SMILES string of the molecule is C=C1C=CC(N2CCOCC2)=CN1c1ccc(OC(F)(F)F)cc1.C=C1C=CC(c2c(C)noc2C)=CN1c1ccc(OC(F)(F)F)cc1.C=C1C=CC(c2cccnc2)=CN1c1ccc(OC(F)(F)F)cc1.C=C1C=CC(c2cccnc2)=CN1c1ccccc1.C=C1C=CC(c2cn[nH]c2)=CN1c1ccccc1.C=C1C=CC(c2ncc[nH]2)=CN1c1ccccc1. The lowest BCUT2D eigenvalue weighted by Crippen LogP contribution is -2.36. The van der Waals surface area contributed by atoms with Crippen LogP contribution in [0.4, 0.5) is 73.6 Å². The average molecular weight is 1730 g/mol. The van der Waals surface area contributed by atoms with Gasteiger partial charge in [-0.3, -0.25) is 15.1 Å². The summed E-state index contributed by atoms with van der Waals surface area (Å²) in [7, 11) is 0. The van der Waals surface area contributed by atoms with Crippen molar-refractivity contribution in [2.45, 2.75) is 32.9 Å². The minimum atomic E-state index is -4.71. The zero-order valence-electron chi connectivity index (χ0n) is 69.3. The number of rotatable bonds is 15. The summed E-state index contributed by atoms with van der Waals surface area (Å²) in [5, 5.41) is 10.7. The van der Waals surface area contributed by atoms with Crippen LogP contribution in [-0.4, -0.2) is 85.6 Å². The minimum absolute atomic E-state index is 0.248. The molecule has 7 aliphatic heterocycles. The van der Waals surface area contributed by atoms with E-state index >= 15 is 0 Å². The number of aromatic nitrogens is 7. The molecule has 18 rings (SSSR count). The second kappa shape index (κ2) is 41.4. The Morgan fingerprint density at radius 3 is 1.06 bits per heavy atom. The number of anilines is 6. The fourth-order valence-electron chi connectivity index (χ4n) is 13.4. The quantitative estimate of drug-likeness (QED) is 0.0929. The highest BCUT2D eigenvalue weighted by Gasteiger charge is 2.34. The summed E-state index contributed by atoms with van der Waals surface area (Å²) in [6.45, 7) is 30.7. The molecule has 0 amide bonds. The number of pyridine rings is 2. The Kier molecular flexibility index (Phi) is 29.0. The average Bonchev–Trinajstić information content (AvgIpc) is 1.59. The third-order valence-corrected chi connectivity index (χ3v) is 19.6. The van der Waals surface area contributed by atoms with Crippen molar-refractivity contribution >= 4 is 62.0 Å². The maximum absolute atomic E-state index is 12.3. The van der Waals surface area contributed by atoms with Crippen LogP contribution < -0.4 is 43.6 Å². The van der Waals surface area contributed by atoms with Gasteiger partial charge in [0.15, 0.2) is 0 Å². The Labute approximate surface area is 733 Å². The first-order valence-corrected chi connectivity index (χ1v) is 39.7. The van der Waals surface area contributed by atoms with Gasteiger partial charge in [0.2, 0.25) is 0 Å². The van der Waals surface area contributed by atoms with Crippen molar-refractivity contribution in [2.75, 3.05) is 55.7 Å². The molecule has 0 aliphatic carbocycles. The van der Waals surface area contributed by atoms with E-state index in [9.17, 15) is 39.5 Å². The van der Waals surface area contributed by atoms with Gasteiger partial charge in [0.05, 0.1) is 30.8 Å². The number of morpholine rings is 1. The second-order valence-corrected chi connectivity index (χ2v) is 28.5. The molecule has 0 bridgehead atoms. The molecule has 19 nitrogen and oxygen atoms in total. The van der Waals surface area contributed by atoms with Crippen LogP contribution in [0.1, 0.15) is 39.5 Å². The van der Waals surface area contributed by atoms with E-state index in [0.717, 1.165) is 120 Å². The van der Waals surface area contributed by atoms with Crippen molar-refractivity contribution in [1.82, 2.24) is 40.2 Å². The third-order valence-electron chi connectivity index (χ3n) is 19.6. The predicted molar refractivity (Wildman–Crippen MR) is 485 cm³/mol. The van der Waals surface area contributed by atoms with Crippen LogP contribution in [0.15, 0.2) is 432 Å². The number of para-hydroxylation sites is 3. The Hall–Kier alpha value is -16.1. The first kappa shape index (κ1) is 89.7. The number of benzene rings is 6. The molecule has 2 N–H and O–H groups in total. The van der Waals surface area contributed by atoms with Crippen molar-refractivity contribution in [1.29, 1.82) is 0 Å². The lowest BCUT2D eigenvalue weighted by molar-refractivity contribution is -0.275. The monoisotopic (exact) mass is 1730 g/mol. The molecule has 0 radical (unpaired) electrons. The molecule has 11 aromatic rings. The topological polar surface area (TPSA) is 169 Å². The number of nitrogens with one attached hydrogen (secondary N) is 2. The lowest BCUT2D eigenvalue weighted by Gasteiger charge is -2.34. The van der Waals surface area contributed by atoms with E-state index in [1.54, 1.807) is 58.9 Å². The van der Waals surface area contributed by atoms with Gasteiger partial charge in [-0.05, 0) is 195 Å². The molecule has 0 saturated carbocycles. The number of hydrogen-bond donors (Lipinski definition) is 2. The summed E-state index contributed by atoms with van der Waals surface area (Å²) in [6, 6.07) is 55.2. The molecule has 28 heteroatoms. The molecular weight excluding hydrogens is 1650 g/mol. The fraction of sp³-hybridized carbons (Fsp3) is 0.0900. The van der Waals surface area contributed by atoms with E-state index in [1.807, 2.05) is 208 Å². The molecule has 0 unspecified atom stereocenters. The summed E-state index contributed by atoms with van der Waals surface area (Å²) in [5.74, 6) is 0.765. The first-order chi connectivity index (χ1) is 61.6. The molecule has 12 heterocycles. The number of H-pyrrole nitrogens is 2. The minimum Gasteiger partial charge on any atom is -0.406 e. The number of halogens is 9. The highest BCUT2D eigenvalue weighted by molar-refractivity contribution is 5.85. The van der Waals surface area contributed by atoms with Gasteiger partial charge in [0, 0.05) is 201 Å². The van der Waals surface area contributed by atoms with Gasteiger partial charge < -0.3 is 62.8 Å². The van der Waals surface area contributed by atoms with Gasteiger partial charge in [-0.25, -0.2) is 4.98 Å². The van der Waals surface area contributed by atoms with E-state index in [-0.39, 0.29) is 17.2 Å². The van der Waals surface area contributed by atoms with Crippen LogP contribution in [-0.2, 0) is 4.74 Å². The van der Waals surface area contributed by atoms with E-state index < -0.39 is 19.1 Å². The molecule has 7 aliphatic rings. The van der Waals surface area contributed by atoms with E-state index in [1.165, 1.54) is 48.5 Å². The number of ether oxygens (including phenoxy) is 4. The Morgan fingerprint density at radius 2 is 0.719 bits per heavy atom. The van der Waals surface area contributed by atoms with Gasteiger partial charge in [-0.2, -0.15) is 5.10 Å². The number of allylic oxidation sites excluding steroid dienone is 17. The first-order valence-electron chi connectivity index (χ1n) is 39.7. The van der Waals surface area contributed by atoms with Crippen molar-refractivity contribution < 1.29 is 63.0 Å². The molecule has 1 saturated heterocycles. The zero-order valence-corrected chi connectivity index (χ0v) is 69.3. The smallest absolute Gasteiger partial charge is 0.406 e. The van der Waals surface area contributed by atoms with Gasteiger partial charge >= 0.3 is 19.1 Å². The summed E-state index contributed by atoms with van der Waals surface area (Å²) < 4.78 is 132. The number of hydrogen-bond acceptors (Lipinski definition) is 17. The molecular formula is C100H85F9N14O5. The number of alkyl halides is 9. The molecule has 6 aromatic carbocycles. The van der Waals surface area contributed by atoms with Crippen LogP contribution in [0.5, 0.6) is 17.2 Å². The zero-order chi connectivity index (χ0) is 90.3. The molecule has 5 aromatic heterocycles. The largest absolute Gasteiger partial charge is 0.573 e. The van der Waals surface area contributed by atoms with Crippen molar-refractivity contribution in [3.05, 3.63) is 467 Å². The summed E-state index contributed by atoms with van der Waals surface area (Å²) in [5.41, 5.74) is 21.2. The van der Waals surface area contributed by atoms with Gasteiger partial charge in [-0.1, -0.05) is 136 Å². The van der Waals surface area contributed by atoms with Crippen molar-refractivity contribution in [3.8, 4) is 17.2 Å².